The van der Waals surface area contributed by atoms with E-state index in [-0.39, 0.29) is 11.7 Å². The molecule has 1 saturated carbocycles. The molecule has 3 fully saturated rings. The number of rotatable bonds is 7. The number of hydrogen-bond acceptors (Lipinski definition) is 4. The van der Waals surface area contributed by atoms with Crippen molar-refractivity contribution in [2.75, 3.05) is 39.4 Å². The highest BCUT2D eigenvalue weighted by atomic mass is 16.5. The predicted octanol–water partition coefficient (Wildman–Crippen LogP) is 1.93. The van der Waals surface area contributed by atoms with Crippen molar-refractivity contribution in [3.05, 3.63) is 23.5 Å². The summed E-state index contributed by atoms with van der Waals surface area (Å²) in [5.41, 5.74) is 1.16. The fraction of sp³-hybridized carbons (Fsp3) is 0.684. The number of aromatic amines is 1. The molecular formula is C19H27N3O3. The molecule has 1 aromatic rings. The van der Waals surface area contributed by atoms with Gasteiger partial charge in [0.1, 0.15) is 5.69 Å². The average Bonchev–Trinajstić information content (AvgIpc) is 3.07. The molecule has 1 atom stereocenters. The van der Waals surface area contributed by atoms with Crippen molar-refractivity contribution in [1.82, 2.24) is 14.8 Å². The van der Waals surface area contributed by atoms with Gasteiger partial charge < -0.3 is 14.6 Å². The third-order valence-electron chi connectivity index (χ3n) is 5.56. The second-order valence-corrected chi connectivity index (χ2v) is 7.61. The van der Waals surface area contributed by atoms with Crippen LogP contribution in [-0.2, 0) is 4.74 Å². The van der Waals surface area contributed by atoms with Gasteiger partial charge in [0.2, 0.25) is 0 Å². The van der Waals surface area contributed by atoms with E-state index in [0.29, 0.717) is 29.8 Å². The Labute approximate surface area is 148 Å². The van der Waals surface area contributed by atoms with Crippen molar-refractivity contribution >= 4 is 11.7 Å². The number of ketones is 1. The van der Waals surface area contributed by atoms with E-state index < -0.39 is 0 Å². The van der Waals surface area contributed by atoms with Crippen molar-refractivity contribution in [3.8, 4) is 0 Å². The average molecular weight is 345 g/mol. The molecule has 25 heavy (non-hydrogen) atoms. The van der Waals surface area contributed by atoms with Gasteiger partial charge in [-0.05, 0) is 44.1 Å². The van der Waals surface area contributed by atoms with Gasteiger partial charge in [-0.25, -0.2) is 0 Å². The number of H-pyrrole nitrogens is 1. The maximum absolute atomic E-state index is 12.7. The van der Waals surface area contributed by atoms with E-state index in [4.69, 9.17) is 4.74 Å². The van der Waals surface area contributed by atoms with Crippen LogP contribution in [0.15, 0.2) is 12.3 Å². The zero-order chi connectivity index (χ0) is 17.2. The van der Waals surface area contributed by atoms with Crippen molar-refractivity contribution in [2.24, 2.45) is 5.92 Å². The van der Waals surface area contributed by atoms with Gasteiger partial charge >= 0.3 is 0 Å². The number of amides is 1. The summed E-state index contributed by atoms with van der Waals surface area (Å²) in [5, 5.41) is 0. The molecule has 6 nitrogen and oxygen atoms in total. The van der Waals surface area contributed by atoms with Crippen LogP contribution in [0, 0.1) is 5.92 Å². The summed E-state index contributed by atoms with van der Waals surface area (Å²) in [6.45, 7) is 4.68. The van der Waals surface area contributed by atoms with Crippen LogP contribution in [0.1, 0.15) is 53.0 Å². The summed E-state index contributed by atoms with van der Waals surface area (Å²) in [6.07, 6.45) is 7.30. The molecular weight excluding hydrogens is 318 g/mol. The Balaban J connectivity index is 1.37. The summed E-state index contributed by atoms with van der Waals surface area (Å²) >= 11 is 0. The van der Waals surface area contributed by atoms with Crippen LogP contribution in [0.5, 0.6) is 0 Å². The highest BCUT2D eigenvalue weighted by Crippen LogP contribution is 2.29. The molecule has 0 bridgehead atoms. The molecule has 0 spiro atoms. The van der Waals surface area contributed by atoms with Gasteiger partial charge in [-0.3, -0.25) is 14.5 Å². The quantitative estimate of drug-likeness (QED) is 0.767. The Morgan fingerprint density at radius 2 is 2.04 bits per heavy atom. The van der Waals surface area contributed by atoms with Crippen LogP contribution in [-0.4, -0.2) is 71.9 Å². The Bertz CT molecular complexity index is 626. The second-order valence-electron chi connectivity index (χ2n) is 7.61. The van der Waals surface area contributed by atoms with E-state index in [1.54, 1.807) is 12.3 Å². The van der Waals surface area contributed by atoms with E-state index >= 15 is 0 Å². The lowest BCUT2D eigenvalue weighted by atomic mass is 10.1. The topological polar surface area (TPSA) is 65.6 Å². The van der Waals surface area contributed by atoms with Crippen molar-refractivity contribution in [1.29, 1.82) is 0 Å². The van der Waals surface area contributed by atoms with Crippen molar-refractivity contribution in [3.63, 3.8) is 0 Å². The Kier molecular flexibility index (Phi) is 4.90. The molecule has 0 radical (unpaired) electrons. The van der Waals surface area contributed by atoms with Gasteiger partial charge in [-0.15, -0.1) is 0 Å². The number of likely N-dealkylation sites (tertiary alicyclic amines) is 1. The maximum Gasteiger partial charge on any atom is 0.270 e. The maximum atomic E-state index is 12.7. The molecule has 3 heterocycles. The van der Waals surface area contributed by atoms with E-state index in [2.05, 4.69) is 9.88 Å². The van der Waals surface area contributed by atoms with E-state index in [9.17, 15) is 9.59 Å². The lowest BCUT2D eigenvalue weighted by Crippen LogP contribution is -2.36. The third kappa shape index (κ3) is 3.96. The highest BCUT2D eigenvalue weighted by molar-refractivity contribution is 6.01. The highest BCUT2D eigenvalue weighted by Gasteiger charge is 2.33. The summed E-state index contributed by atoms with van der Waals surface area (Å²) in [6, 6.07) is 2.28. The van der Waals surface area contributed by atoms with Gasteiger partial charge in [-0.1, -0.05) is 0 Å². The molecule has 0 unspecified atom stereocenters. The van der Waals surface area contributed by atoms with Crippen LogP contribution in [0.25, 0.3) is 0 Å². The summed E-state index contributed by atoms with van der Waals surface area (Å²) < 4.78 is 5.47. The molecule has 2 aliphatic heterocycles. The summed E-state index contributed by atoms with van der Waals surface area (Å²) in [5.74, 6) is 0.660. The Morgan fingerprint density at radius 3 is 2.72 bits per heavy atom. The molecule has 1 aromatic heterocycles. The van der Waals surface area contributed by atoms with Crippen LogP contribution in [0.3, 0.4) is 0 Å². The minimum Gasteiger partial charge on any atom is -0.381 e. The van der Waals surface area contributed by atoms with Crippen LogP contribution in [0.2, 0.25) is 0 Å². The minimum atomic E-state index is 0.0127. The fourth-order valence-electron chi connectivity index (χ4n) is 3.89. The largest absolute Gasteiger partial charge is 0.381 e. The predicted molar refractivity (Wildman–Crippen MR) is 93.8 cm³/mol. The number of aromatic nitrogens is 1. The molecule has 1 aliphatic carbocycles. The first-order chi connectivity index (χ1) is 12.2. The lowest BCUT2D eigenvalue weighted by molar-refractivity contribution is 0.0787. The zero-order valence-electron chi connectivity index (χ0n) is 14.7. The van der Waals surface area contributed by atoms with E-state index in [1.807, 2.05) is 4.90 Å². The number of ether oxygens (including phenoxy) is 1. The third-order valence-corrected chi connectivity index (χ3v) is 5.56. The molecule has 136 valence electrons. The lowest BCUT2D eigenvalue weighted by Gasteiger charge is -2.23. The monoisotopic (exact) mass is 345 g/mol. The molecule has 2 saturated heterocycles. The van der Waals surface area contributed by atoms with Crippen molar-refractivity contribution < 1.29 is 14.3 Å². The van der Waals surface area contributed by atoms with Gasteiger partial charge in [0.05, 0.1) is 13.2 Å². The smallest absolute Gasteiger partial charge is 0.270 e. The molecule has 1 amide bonds. The van der Waals surface area contributed by atoms with Crippen molar-refractivity contribution in [2.45, 2.75) is 38.1 Å². The van der Waals surface area contributed by atoms with Crippen LogP contribution < -0.4 is 0 Å². The second kappa shape index (κ2) is 7.30. The standard InChI is InChI=1S/C19H27N3O3/c23-18(12-22(16-3-4-16)11-14-5-8-25-13-14)15-9-17(20-10-15)19(24)21-6-1-2-7-21/h9-10,14,16,20H,1-8,11-13H2/t14-/m0/s1. The number of carbonyl (C=O) groups is 2. The zero-order valence-corrected chi connectivity index (χ0v) is 14.7. The number of carbonyl (C=O) groups excluding carboxylic acids is 2. The minimum absolute atomic E-state index is 0.0127. The van der Waals surface area contributed by atoms with Crippen LogP contribution >= 0.6 is 0 Å². The SMILES string of the molecule is O=C(CN(C[C@@H]1CCOC1)C1CC1)c1c[nH]c(C(=O)N2CCCC2)c1. The number of hydrogen-bond donors (Lipinski definition) is 1. The van der Waals surface area contributed by atoms with Crippen LogP contribution in [0.4, 0.5) is 0 Å². The molecule has 0 aromatic carbocycles. The molecule has 4 rings (SSSR count). The number of Topliss-reactive ketones (excluding diaryl/α,β-unsaturated/α-hetero) is 1. The Hall–Kier alpha value is -1.66. The van der Waals surface area contributed by atoms with E-state index in [0.717, 1.165) is 52.1 Å². The number of nitrogens with one attached hydrogen (secondary N) is 1. The molecule has 1 N–H and O–H groups in total. The van der Waals surface area contributed by atoms with Gasteiger partial charge in [-0.2, -0.15) is 0 Å². The summed E-state index contributed by atoms with van der Waals surface area (Å²) in [7, 11) is 0. The molecule has 6 heteroatoms. The Morgan fingerprint density at radius 1 is 1.24 bits per heavy atom. The first-order valence-corrected chi connectivity index (χ1v) is 9.53. The fourth-order valence-corrected chi connectivity index (χ4v) is 3.89. The first kappa shape index (κ1) is 16.8. The van der Waals surface area contributed by atoms with Gasteiger partial charge in [0, 0.05) is 44.0 Å². The van der Waals surface area contributed by atoms with E-state index in [1.165, 1.54) is 12.8 Å². The normalized spacial score (nSPS) is 23.6. The first-order valence-electron chi connectivity index (χ1n) is 9.53. The summed E-state index contributed by atoms with van der Waals surface area (Å²) in [4.78, 5) is 32.3. The van der Waals surface area contributed by atoms with Gasteiger partial charge in [0.25, 0.3) is 5.91 Å². The molecule has 3 aliphatic rings. The number of nitrogens with zero attached hydrogens (tertiary/aromatic N) is 2. The van der Waals surface area contributed by atoms with Gasteiger partial charge in [0.15, 0.2) is 5.78 Å².